The molecule has 1 aliphatic rings. The van der Waals surface area contributed by atoms with Crippen molar-refractivity contribution in [2.45, 2.75) is 64.8 Å². The van der Waals surface area contributed by atoms with Crippen molar-refractivity contribution < 1.29 is 22.4 Å². The van der Waals surface area contributed by atoms with Crippen molar-refractivity contribution in [3.63, 3.8) is 0 Å². The highest BCUT2D eigenvalue weighted by Gasteiger charge is 2.37. The van der Waals surface area contributed by atoms with Crippen molar-refractivity contribution in [3.05, 3.63) is 46.9 Å². The van der Waals surface area contributed by atoms with Gasteiger partial charge in [-0.15, -0.1) is 0 Å². The number of anilines is 1. The molecule has 0 atom stereocenters. The lowest BCUT2D eigenvalue weighted by atomic mass is 9.76. The molecule has 1 aliphatic carbocycles. The number of amides is 1. The fraction of sp³-hybridized carbons (Fsp3) is 0.455. The number of fused-ring (bicyclic) bond motifs is 1. The van der Waals surface area contributed by atoms with E-state index in [1.165, 1.54) is 12.1 Å². The summed E-state index contributed by atoms with van der Waals surface area (Å²) in [7, 11) is -3.86. The second-order valence-corrected chi connectivity index (χ2v) is 11.3. The van der Waals surface area contributed by atoms with Crippen LogP contribution < -0.4 is 10.0 Å². The van der Waals surface area contributed by atoms with Crippen molar-refractivity contribution >= 4 is 27.4 Å². The van der Waals surface area contributed by atoms with Crippen LogP contribution in [0.5, 0.6) is 0 Å². The number of para-hydroxylation sites is 1. The lowest BCUT2D eigenvalue weighted by Crippen LogP contribution is -2.40. The highest BCUT2D eigenvalue weighted by Crippen LogP contribution is 2.38. The van der Waals surface area contributed by atoms with Crippen LogP contribution in [0.1, 0.15) is 73.3 Å². The molecule has 0 saturated heterocycles. The number of Topliss-reactive ketones (excluding diaryl/α,β-unsaturated/α-hetero) is 1. The van der Waals surface area contributed by atoms with Gasteiger partial charge >= 0.3 is 0 Å². The summed E-state index contributed by atoms with van der Waals surface area (Å²) in [6.07, 6.45) is 0.948. The number of carbonyl (C=O) groups is 2. The van der Waals surface area contributed by atoms with E-state index in [4.69, 9.17) is 4.42 Å². The summed E-state index contributed by atoms with van der Waals surface area (Å²) >= 11 is 0. The summed E-state index contributed by atoms with van der Waals surface area (Å²) in [6, 6.07) is 6.17. The normalized spacial score (nSPS) is 16.3. The van der Waals surface area contributed by atoms with Gasteiger partial charge in [-0.3, -0.25) is 9.59 Å². The Labute approximate surface area is 177 Å². The van der Waals surface area contributed by atoms with Crippen LogP contribution in [0.3, 0.4) is 0 Å². The van der Waals surface area contributed by atoms with E-state index < -0.39 is 21.5 Å². The molecule has 8 heteroatoms. The zero-order valence-electron chi connectivity index (χ0n) is 18.2. The van der Waals surface area contributed by atoms with Gasteiger partial charge in [-0.05, 0) is 45.2 Å². The summed E-state index contributed by atoms with van der Waals surface area (Å²) in [5.41, 5.74) is 0.173. The van der Waals surface area contributed by atoms with Crippen LogP contribution in [0.2, 0.25) is 0 Å². The first-order valence-corrected chi connectivity index (χ1v) is 11.3. The molecule has 1 heterocycles. The first kappa shape index (κ1) is 22.2. The minimum absolute atomic E-state index is 0.0297. The molecular formula is C22H28N2O5S. The number of carbonyl (C=O) groups excluding carboxylic acids is 2. The first-order valence-electron chi connectivity index (χ1n) is 9.80. The van der Waals surface area contributed by atoms with E-state index in [9.17, 15) is 18.0 Å². The maximum absolute atomic E-state index is 13.0. The fourth-order valence-corrected chi connectivity index (χ4v) is 5.32. The minimum Gasteiger partial charge on any atom is -0.455 e. The van der Waals surface area contributed by atoms with E-state index >= 15 is 0 Å². The Morgan fingerprint density at radius 2 is 1.77 bits per heavy atom. The average molecular weight is 433 g/mol. The van der Waals surface area contributed by atoms with Crippen LogP contribution in [-0.4, -0.2) is 25.6 Å². The van der Waals surface area contributed by atoms with Crippen LogP contribution >= 0.6 is 0 Å². The van der Waals surface area contributed by atoms with E-state index in [0.717, 1.165) is 0 Å². The van der Waals surface area contributed by atoms with E-state index in [2.05, 4.69) is 10.0 Å². The third-order valence-corrected chi connectivity index (χ3v) is 6.66. The average Bonchev–Trinajstić information content (AvgIpc) is 2.88. The summed E-state index contributed by atoms with van der Waals surface area (Å²) in [6.45, 7) is 10.9. The van der Waals surface area contributed by atoms with Crippen LogP contribution in [0.15, 0.2) is 33.6 Å². The van der Waals surface area contributed by atoms with Crippen LogP contribution in [0.4, 0.5) is 5.69 Å². The Morgan fingerprint density at radius 1 is 1.13 bits per heavy atom. The molecule has 2 aromatic rings. The molecule has 162 valence electrons. The molecule has 0 radical (unpaired) electrons. The van der Waals surface area contributed by atoms with Crippen molar-refractivity contribution in [1.82, 2.24) is 4.72 Å². The number of hydrogen-bond donors (Lipinski definition) is 2. The van der Waals surface area contributed by atoms with Gasteiger partial charge < -0.3 is 9.73 Å². The molecule has 2 N–H and O–H groups in total. The smallest absolute Gasteiger partial charge is 0.291 e. The number of hydrogen-bond acceptors (Lipinski definition) is 5. The number of ketones is 1. The molecule has 0 unspecified atom stereocenters. The fourth-order valence-electron chi connectivity index (χ4n) is 3.74. The molecule has 1 aromatic heterocycles. The first-order chi connectivity index (χ1) is 13.7. The molecule has 3 rings (SSSR count). The minimum atomic E-state index is -3.86. The van der Waals surface area contributed by atoms with Gasteiger partial charge in [0.2, 0.25) is 10.0 Å². The molecule has 30 heavy (non-hydrogen) atoms. The quantitative estimate of drug-likeness (QED) is 0.758. The van der Waals surface area contributed by atoms with Gasteiger partial charge in [0.1, 0.15) is 10.7 Å². The molecule has 0 bridgehead atoms. The van der Waals surface area contributed by atoms with Crippen molar-refractivity contribution in [2.24, 2.45) is 5.41 Å². The number of nitrogens with one attached hydrogen (secondary N) is 2. The Morgan fingerprint density at radius 3 is 2.40 bits per heavy atom. The van der Waals surface area contributed by atoms with Crippen LogP contribution in [-0.2, 0) is 16.4 Å². The van der Waals surface area contributed by atoms with Gasteiger partial charge in [-0.2, -0.15) is 0 Å². The third-order valence-electron chi connectivity index (χ3n) is 4.85. The second kappa shape index (κ2) is 7.35. The Balaban J connectivity index is 1.95. The summed E-state index contributed by atoms with van der Waals surface area (Å²) < 4.78 is 34.0. The Hall–Kier alpha value is -2.45. The number of furan rings is 1. The van der Waals surface area contributed by atoms with Crippen LogP contribution in [0.25, 0.3) is 0 Å². The Kier molecular flexibility index (Phi) is 5.45. The maximum Gasteiger partial charge on any atom is 0.291 e. The van der Waals surface area contributed by atoms with Crippen molar-refractivity contribution in [2.75, 3.05) is 5.32 Å². The predicted molar refractivity (Wildman–Crippen MR) is 114 cm³/mol. The molecule has 0 spiro atoms. The Bertz CT molecular complexity index is 1120. The summed E-state index contributed by atoms with van der Waals surface area (Å²) in [5.74, 6) is -0.0962. The van der Waals surface area contributed by atoms with E-state index in [-0.39, 0.29) is 27.5 Å². The monoisotopic (exact) mass is 432 g/mol. The van der Waals surface area contributed by atoms with E-state index in [1.54, 1.807) is 39.8 Å². The SMILES string of the molecule is Cc1c(C(=O)Nc2ccccc2S(=O)(=O)NC(C)(C)C)oc2c1C(=O)CC(C)(C)C2. The second-order valence-electron chi connectivity index (χ2n) is 9.60. The number of sulfonamides is 1. The van der Waals surface area contributed by atoms with Gasteiger partial charge in [0.15, 0.2) is 11.5 Å². The standard InChI is InChI=1S/C22H28N2O5S/c1-13-18-15(25)11-22(5,6)12-16(18)29-19(13)20(26)23-14-9-7-8-10-17(14)30(27,28)24-21(2,3)4/h7-10,24H,11-12H2,1-6H3,(H,23,26). The summed E-state index contributed by atoms with van der Waals surface area (Å²) in [5, 5.41) is 2.64. The van der Waals surface area contributed by atoms with Gasteiger partial charge in [-0.25, -0.2) is 13.1 Å². The molecular weight excluding hydrogens is 404 g/mol. The molecule has 0 fully saturated rings. The number of rotatable bonds is 4. The lowest BCUT2D eigenvalue weighted by molar-refractivity contribution is 0.0898. The van der Waals surface area contributed by atoms with Crippen LogP contribution in [0, 0.1) is 12.3 Å². The van der Waals surface area contributed by atoms with E-state index in [0.29, 0.717) is 29.7 Å². The topological polar surface area (TPSA) is 105 Å². The zero-order chi connectivity index (χ0) is 22.5. The van der Waals surface area contributed by atoms with Gasteiger partial charge in [0.05, 0.1) is 11.3 Å². The van der Waals surface area contributed by atoms with E-state index in [1.807, 2.05) is 13.8 Å². The van der Waals surface area contributed by atoms with Crippen molar-refractivity contribution in [1.29, 1.82) is 0 Å². The van der Waals surface area contributed by atoms with Gasteiger partial charge in [-0.1, -0.05) is 26.0 Å². The van der Waals surface area contributed by atoms with Gasteiger partial charge in [0.25, 0.3) is 5.91 Å². The van der Waals surface area contributed by atoms with Gasteiger partial charge in [0, 0.05) is 23.9 Å². The maximum atomic E-state index is 13.0. The molecule has 1 amide bonds. The lowest BCUT2D eigenvalue weighted by Gasteiger charge is -2.27. The summed E-state index contributed by atoms with van der Waals surface area (Å²) in [4.78, 5) is 25.5. The number of benzene rings is 1. The highest BCUT2D eigenvalue weighted by atomic mass is 32.2. The molecule has 0 aliphatic heterocycles. The zero-order valence-corrected chi connectivity index (χ0v) is 19.0. The molecule has 7 nitrogen and oxygen atoms in total. The predicted octanol–water partition coefficient (Wildman–Crippen LogP) is 4.07. The van der Waals surface area contributed by atoms with Crippen molar-refractivity contribution in [3.8, 4) is 0 Å². The highest BCUT2D eigenvalue weighted by molar-refractivity contribution is 7.89. The largest absolute Gasteiger partial charge is 0.455 e. The third kappa shape index (κ3) is 4.49. The molecule has 1 aromatic carbocycles. The molecule has 0 saturated carbocycles.